The van der Waals surface area contributed by atoms with Gasteiger partial charge in [-0.1, -0.05) is 25.6 Å². The van der Waals surface area contributed by atoms with Gasteiger partial charge in [-0.05, 0) is 36.6 Å². The number of nitriles is 1. The smallest absolute Gasteiger partial charge is 0.161 e. The third-order valence-corrected chi connectivity index (χ3v) is 3.75. The third-order valence-electron chi connectivity index (χ3n) is 2.72. The quantitative estimate of drug-likeness (QED) is 0.904. The first kappa shape index (κ1) is 13.0. The largest absolute Gasteiger partial charge is 0.335 e. The molecule has 1 N–H and O–H groups in total. The molecule has 1 aromatic carbocycles. The lowest BCUT2D eigenvalue weighted by molar-refractivity contribution is 0.529. The van der Waals surface area contributed by atoms with Gasteiger partial charge >= 0.3 is 0 Å². The average molecular weight is 259 g/mol. The second-order valence-corrected chi connectivity index (χ2v) is 5.85. The molecule has 0 aliphatic carbocycles. The van der Waals surface area contributed by atoms with Crippen molar-refractivity contribution in [1.82, 2.24) is 0 Å². The van der Waals surface area contributed by atoms with Crippen LogP contribution < -0.4 is 5.32 Å². The van der Waals surface area contributed by atoms with Crippen molar-refractivity contribution in [2.45, 2.75) is 26.3 Å². The molecule has 1 aromatic rings. The van der Waals surface area contributed by atoms with E-state index in [1.165, 1.54) is 0 Å². The molecule has 94 valence electrons. The van der Waals surface area contributed by atoms with Gasteiger partial charge < -0.3 is 5.32 Å². The topological polar surface area (TPSA) is 48.2 Å². The van der Waals surface area contributed by atoms with Crippen LogP contribution in [-0.2, 0) is 0 Å². The lowest BCUT2D eigenvalue weighted by atomic mass is 10.1. The van der Waals surface area contributed by atoms with Crippen molar-refractivity contribution >= 4 is 22.6 Å². The molecule has 0 saturated carbocycles. The van der Waals surface area contributed by atoms with E-state index < -0.39 is 0 Å². The van der Waals surface area contributed by atoms with Gasteiger partial charge in [-0.25, -0.2) is 0 Å². The number of hydrogen-bond donors (Lipinski definition) is 1. The van der Waals surface area contributed by atoms with E-state index in [9.17, 15) is 0 Å². The number of amidine groups is 1. The number of rotatable bonds is 3. The van der Waals surface area contributed by atoms with Crippen molar-refractivity contribution in [3.8, 4) is 6.07 Å². The fraction of sp³-hybridized carbons (Fsp3) is 0.429. The van der Waals surface area contributed by atoms with E-state index in [4.69, 9.17) is 5.26 Å². The number of benzene rings is 1. The van der Waals surface area contributed by atoms with Crippen molar-refractivity contribution in [2.75, 3.05) is 11.1 Å². The van der Waals surface area contributed by atoms with Gasteiger partial charge in [0.1, 0.15) is 0 Å². The maximum atomic E-state index is 8.73. The normalized spacial score (nSPS) is 18.6. The highest BCUT2D eigenvalue weighted by Gasteiger charge is 2.19. The van der Waals surface area contributed by atoms with Gasteiger partial charge in [-0.2, -0.15) is 5.26 Å². The molecular formula is C14H17N3S. The van der Waals surface area contributed by atoms with Crippen molar-refractivity contribution in [3.63, 3.8) is 0 Å². The molecule has 0 spiro atoms. The summed E-state index contributed by atoms with van der Waals surface area (Å²) < 4.78 is 0. The first-order valence-corrected chi connectivity index (χ1v) is 7.13. The molecule has 0 amide bonds. The van der Waals surface area contributed by atoms with E-state index in [1.807, 2.05) is 24.3 Å². The fourth-order valence-electron chi connectivity index (χ4n) is 1.90. The van der Waals surface area contributed by atoms with Crippen LogP contribution in [-0.4, -0.2) is 17.0 Å². The molecule has 1 heterocycles. The highest BCUT2D eigenvalue weighted by Crippen LogP contribution is 2.24. The summed E-state index contributed by atoms with van der Waals surface area (Å²) in [5, 5.41) is 13.0. The van der Waals surface area contributed by atoms with E-state index in [0.717, 1.165) is 23.0 Å². The summed E-state index contributed by atoms with van der Waals surface area (Å²) in [6.45, 7) is 4.46. The van der Waals surface area contributed by atoms with Crippen molar-refractivity contribution < 1.29 is 0 Å². The summed E-state index contributed by atoms with van der Waals surface area (Å²) in [6, 6.07) is 10.0. The Hall–Kier alpha value is -1.47. The summed E-state index contributed by atoms with van der Waals surface area (Å²) in [5.74, 6) is 1.75. The van der Waals surface area contributed by atoms with Gasteiger partial charge in [-0.3, -0.25) is 4.99 Å². The van der Waals surface area contributed by atoms with Gasteiger partial charge in [0.25, 0.3) is 0 Å². The molecule has 4 heteroatoms. The Morgan fingerprint density at radius 3 is 2.78 bits per heavy atom. The van der Waals surface area contributed by atoms with E-state index in [1.54, 1.807) is 11.8 Å². The minimum absolute atomic E-state index is 0.441. The molecule has 0 radical (unpaired) electrons. The van der Waals surface area contributed by atoms with Crippen molar-refractivity contribution in [3.05, 3.63) is 29.8 Å². The monoisotopic (exact) mass is 259 g/mol. The molecule has 0 aromatic heterocycles. The van der Waals surface area contributed by atoms with E-state index >= 15 is 0 Å². The Morgan fingerprint density at radius 1 is 1.44 bits per heavy atom. The molecule has 2 rings (SSSR count). The van der Waals surface area contributed by atoms with Gasteiger partial charge in [-0.15, -0.1) is 0 Å². The number of anilines is 1. The summed E-state index contributed by atoms with van der Waals surface area (Å²) in [5.41, 5.74) is 1.67. The summed E-state index contributed by atoms with van der Waals surface area (Å²) >= 11 is 1.77. The minimum Gasteiger partial charge on any atom is -0.335 e. The summed E-state index contributed by atoms with van der Waals surface area (Å²) in [7, 11) is 0. The van der Waals surface area contributed by atoms with Crippen LogP contribution in [0.25, 0.3) is 0 Å². The predicted octanol–water partition coefficient (Wildman–Crippen LogP) is 3.49. The Bertz CT molecular complexity index is 471. The van der Waals surface area contributed by atoms with Crippen LogP contribution in [0.4, 0.5) is 5.69 Å². The second-order valence-electron chi connectivity index (χ2n) is 4.84. The van der Waals surface area contributed by atoms with E-state index in [2.05, 4.69) is 30.2 Å². The second kappa shape index (κ2) is 5.92. The summed E-state index contributed by atoms with van der Waals surface area (Å²) in [6.07, 6.45) is 1.14. The van der Waals surface area contributed by atoms with Crippen LogP contribution in [0.15, 0.2) is 29.3 Å². The number of nitrogens with zero attached hydrogens (tertiary/aromatic N) is 2. The lowest BCUT2D eigenvalue weighted by Crippen LogP contribution is -2.08. The van der Waals surface area contributed by atoms with Gasteiger partial charge in [0.15, 0.2) is 5.17 Å². The zero-order chi connectivity index (χ0) is 13.0. The molecule has 1 unspecified atom stereocenters. The molecule has 0 bridgehead atoms. The maximum absolute atomic E-state index is 8.73. The van der Waals surface area contributed by atoms with E-state index in [0.29, 0.717) is 17.5 Å². The number of hydrogen-bond acceptors (Lipinski definition) is 4. The Labute approximate surface area is 112 Å². The van der Waals surface area contributed by atoms with Crippen LogP contribution in [0.1, 0.15) is 25.8 Å². The van der Waals surface area contributed by atoms with Crippen LogP contribution >= 0.6 is 11.8 Å². The van der Waals surface area contributed by atoms with E-state index in [-0.39, 0.29) is 0 Å². The van der Waals surface area contributed by atoms with Crippen LogP contribution in [0.3, 0.4) is 0 Å². The third kappa shape index (κ3) is 3.51. The van der Waals surface area contributed by atoms with Crippen molar-refractivity contribution in [2.24, 2.45) is 10.9 Å². The molecule has 1 atom stereocenters. The average Bonchev–Trinajstić information content (AvgIpc) is 2.76. The Balaban J connectivity index is 1.95. The molecule has 0 saturated heterocycles. The van der Waals surface area contributed by atoms with Crippen molar-refractivity contribution in [1.29, 1.82) is 5.26 Å². The number of nitrogens with one attached hydrogen (secondary N) is 1. The zero-order valence-electron chi connectivity index (χ0n) is 10.7. The molecule has 1 aliphatic heterocycles. The molecular weight excluding hydrogens is 242 g/mol. The van der Waals surface area contributed by atoms with Gasteiger partial charge in [0.05, 0.1) is 17.7 Å². The van der Waals surface area contributed by atoms with Crippen LogP contribution in [0, 0.1) is 17.2 Å². The highest BCUT2D eigenvalue weighted by atomic mass is 32.2. The van der Waals surface area contributed by atoms with Crippen LogP contribution in [0.2, 0.25) is 0 Å². The number of aliphatic imine (C=N–C) groups is 1. The lowest BCUT2D eigenvalue weighted by Gasteiger charge is -2.07. The summed E-state index contributed by atoms with van der Waals surface area (Å²) in [4.78, 5) is 4.67. The Morgan fingerprint density at radius 2 is 2.17 bits per heavy atom. The highest BCUT2D eigenvalue weighted by molar-refractivity contribution is 8.14. The minimum atomic E-state index is 0.441. The predicted molar refractivity (Wildman–Crippen MR) is 77.9 cm³/mol. The standard InChI is InChI=1S/C14H17N3S/c1-10(2)7-13-9-18-14(17-13)16-12-5-3-11(8-15)4-6-12/h3-6,10,13H,7,9H2,1-2H3,(H,16,17). The van der Waals surface area contributed by atoms with Gasteiger partial charge in [0, 0.05) is 11.4 Å². The fourth-order valence-corrected chi connectivity index (χ4v) is 2.87. The first-order chi connectivity index (χ1) is 8.67. The maximum Gasteiger partial charge on any atom is 0.161 e. The molecule has 18 heavy (non-hydrogen) atoms. The molecule has 0 fully saturated rings. The SMILES string of the molecule is CC(C)CC1CSC(Nc2ccc(C#N)cc2)=N1. The van der Waals surface area contributed by atoms with Gasteiger partial charge in [0.2, 0.25) is 0 Å². The first-order valence-electron chi connectivity index (χ1n) is 6.15. The Kier molecular flexibility index (Phi) is 4.27. The number of thioether (sulfide) groups is 1. The zero-order valence-corrected chi connectivity index (χ0v) is 11.5. The van der Waals surface area contributed by atoms with Crippen LogP contribution in [0.5, 0.6) is 0 Å². The molecule has 1 aliphatic rings. The molecule has 3 nitrogen and oxygen atoms in total.